The standard InChI is InChI=1S/C16H21N7O7S3.Na/c1-22-15(19-20-21-22)33-4-7-3-32-14-16(30-2,13(29)23(14)10(7)12(27)28)18-9(24)6-31-5-8(17)11(25)26;/h8,14H,3-6,17H2,1-2H3,(H,18,24)(H,25,26)(H,27,28);/q;+1/t8-,14-,16+;/m1./s1. The summed E-state index contributed by atoms with van der Waals surface area (Å²) in [5.41, 5.74) is 4.05. The molecule has 0 aliphatic carbocycles. The summed E-state index contributed by atoms with van der Waals surface area (Å²) in [5, 5.41) is 31.9. The number of ether oxygens (including phenoxy) is 1. The van der Waals surface area contributed by atoms with Gasteiger partial charge in [-0.2, -0.15) is 0 Å². The molecule has 0 spiro atoms. The Morgan fingerprint density at radius 2 is 2.12 bits per heavy atom. The second-order valence-electron chi connectivity index (χ2n) is 6.92. The van der Waals surface area contributed by atoms with Gasteiger partial charge in [0.2, 0.25) is 11.1 Å². The Morgan fingerprint density at radius 1 is 1.41 bits per heavy atom. The average molecular weight is 543 g/mol. The molecule has 5 N–H and O–H groups in total. The number of methoxy groups -OCH3 is 1. The fourth-order valence-electron chi connectivity index (χ4n) is 3.14. The molecule has 3 atom stereocenters. The molecule has 18 heteroatoms. The largest absolute Gasteiger partial charge is 1.00 e. The summed E-state index contributed by atoms with van der Waals surface area (Å²) in [6.07, 6.45) is 0. The van der Waals surface area contributed by atoms with Crippen LogP contribution in [0.2, 0.25) is 0 Å². The van der Waals surface area contributed by atoms with Crippen LogP contribution in [0.1, 0.15) is 0 Å². The molecule has 180 valence electrons. The minimum atomic E-state index is -1.72. The number of fused-ring (bicyclic) bond motifs is 1. The number of thioether (sulfide) groups is 3. The SMILES string of the molecule is CO[C@@]1(NC(=O)CSC[C@@H](N)C(=O)O)C(=O)N2C(C(=O)O)=C(CSc3nnnn3C)CS[C@@H]21.[Na+]. The van der Waals surface area contributed by atoms with Gasteiger partial charge in [0.15, 0.2) is 0 Å². The number of aryl methyl sites for hydroxylation is 1. The fourth-order valence-corrected chi connectivity index (χ4v) is 6.34. The van der Waals surface area contributed by atoms with Crippen molar-refractivity contribution >= 4 is 59.0 Å². The van der Waals surface area contributed by atoms with Crippen molar-refractivity contribution in [2.24, 2.45) is 12.8 Å². The molecule has 1 saturated heterocycles. The first-order valence-electron chi connectivity index (χ1n) is 9.30. The summed E-state index contributed by atoms with van der Waals surface area (Å²) in [7, 11) is 2.91. The molecule has 3 heterocycles. The number of tetrazole rings is 1. The summed E-state index contributed by atoms with van der Waals surface area (Å²) in [6.45, 7) is 0. The number of nitrogens with two attached hydrogens (primary N) is 1. The first kappa shape index (κ1) is 28.9. The fraction of sp³-hybridized carbons (Fsp3) is 0.562. The molecule has 2 aliphatic heterocycles. The van der Waals surface area contributed by atoms with Gasteiger partial charge >= 0.3 is 41.5 Å². The number of aromatic nitrogens is 4. The molecule has 0 bridgehead atoms. The van der Waals surface area contributed by atoms with Crippen LogP contribution >= 0.6 is 35.3 Å². The Morgan fingerprint density at radius 3 is 2.68 bits per heavy atom. The van der Waals surface area contributed by atoms with E-state index in [4.69, 9.17) is 15.6 Å². The normalized spacial score (nSPS) is 22.4. The van der Waals surface area contributed by atoms with Crippen molar-refractivity contribution in [1.29, 1.82) is 0 Å². The summed E-state index contributed by atoms with van der Waals surface area (Å²) in [4.78, 5) is 49.3. The summed E-state index contributed by atoms with van der Waals surface area (Å²) in [6, 6.07) is -1.12. The molecule has 0 radical (unpaired) electrons. The average Bonchev–Trinajstić information content (AvgIpc) is 3.19. The first-order chi connectivity index (χ1) is 15.6. The van der Waals surface area contributed by atoms with Gasteiger partial charge in [-0.1, -0.05) is 11.8 Å². The zero-order chi connectivity index (χ0) is 24.3. The Labute approximate surface area is 228 Å². The quantitative estimate of drug-likeness (QED) is 0.0897. The van der Waals surface area contributed by atoms with Crippen LogP contribution in [0.25, 0.3) is 0 Å². The third-order valence-electron chi connectivity index (χ3n) is 4.76. The van der Waals surface area contributed by atoms with Crippen molar-refractivity contribution in [3.63, 3.8) is 0 Å². The van der Waals surface area contributed by atoms with E-state index in [0.29, 0.717) is 10.7 Å². The van der Waals surface area contributed by atoms with Gasteiger partial charge < -0.3 is 26.0 Å². The Bertz CT molecular complexity index is 1010. The van der Waals surface area contributed by atoms with Gasteiger partial charge in [-0.25, -0.2) is 9.48 Å². The van der Waals surface area contributed by atoms with Crippen molar-refractivity contribution in [1.82, 2.24) is 30.4 Å². The van der Waals surface area contributed by atoms with E-state index in [1.165, 1.54) is 35.3 Å². The van der Waals surface area contributed by atoms with Crippen molar-refractivity contribution < 1.29 is 63.7 Å². The number of rotatable bonds is 11. The van der Waals surface area contributed by atoms with Crippen LogP contribution in [0.3, 0.4) is 0 Å². The van der Waals surface area contributed by atoms with E-state index in [9.17, 15) is 24.3 Å². The topological polar surface area (TPSA) is 203 Å². The molecule has 1 aromatic rings. The summed E-state index contributed by atoms with van der Waals surface area (Å²) >= 11 is 3.50. The van der Waals surface area contributed by atoms with Gasteiger partial charge in [-0.3, -0.25) is 19.3 Å². The third kappa shape index (κ3) is 5.72. The smallest absolute Gasteiger partial charge is 0.480 e. The van der Waals surface area contributed by atoms with E-state index >= 15 is 0 Å². The predicted molar refractivity (Wildman–Crippen MR) is 118 cm³/mol. The number of carboxylic acid groups (broad SMARTS) is 2. The van der Waals surface area contributed by atoms with Crippen LogP contribution in [-0.4, -0.2) is 106 Å². The number of carbonyl (C=O) groups is 4. The van der Waals surface area contributed by atoms with Gasteiger partial charge in [0.25, 0.3) is 11.6 Å². The molecular formula is C16H21N7NaO7S3+. The Hall–Kier alpha value is -1.34. The molecule has 34 heavy (non-hydrogen) atoms. The van der Waals surface area contributed by atoms with Crippen LogP contribution in [0, 0.1) is 0 Å². The number of hydrogen-bond donors (Lipinski definition) is 4. The first-order valence-corrected chi connectivity index (χ1v) is 12.5. The number of amides is 2. The van der Waals surface area contributed by atoms with Crippen molar-refractivity contribution in [2.75, 3.05) is 30.1 Å². The summed E-state index contributed by atoms with van der Waals surface area (Å²) in [5.74, 6) is -3.32. The maximum absolute atomic E-state index is 13.0. The van der Waals surface area contributed by atoms with Crippen LogP contribution in [0.5, 0.6) is 0 Å². The van der Waals surface area contributed by atoms with E-state index in [1.807, 2.05) is 0 Å². The van der Waals surface area contributed by atoms with Gasteiger partial charge in [0.1, 0.15) is 17.1 Å². The third-order valence-corrected chi connectivity index (χ3v) is 8.30. The van der Waals surface area contributed by atoms with Crippen molar-refractivity contribution in [3.8, 4) is 0 Å². The molecule has 14 nitrogen and oxygen atoms in total. The zero-order valence-electron chi connectivity index (χ0n) is 18.5. The van der Waals surface area contributed by atoms with E-state index in [2.05, 4.69) is 20.8 Å². The molecule has 0 unspecified atom stereocenters. The molecule has 1 aromatic heterocycles. The maximum atomic E-state index is 13.0. The van der Waals surface area contributed by atoms with Gasteiger partial charge in [0, 0.05) is 31.4 Å². The van der Waals surface area contributed by atoms with Gasteiger partial charge in [-0.15, -0.1) is 28.6 Å². The van der Waals surface area contributed by atoms with Crippen LogP contribution in [-0.2, 0) is 31.0 Å². The number of β-lactam (4-membered cyclic amide) rings is 1. The van der Waals surface area contributed by atoms with Crippen LogP contribution < -0.4 is 40.6 Å². The molecule has 0 aromatic carbocycles. The van der Waals surface area contributed by atoms with Crippen LogP contribution in [0.15, 0.2) is 16.4 Å². The van der Waals surface area contributed by atoms with E-state index in [0.717, 1.165) is 16.7 Å². The van der Waals surface area contributed by atoms with E-state index < -0.39 is 40.9 Å². The van der Waals surface area contributed by atoms with Crippen molar-refractivity contribution in [2.45, 2.75) is 22.3 Å². The van der Waals surface area contributed by atoms with Gasteiger partial charge in [0.05, 0.1) is 5.75 Å². The molecule has 0 saturated carbocycles. The second-order valence-corrected chi connectivity index (χ2v) is 9.96. The molecule has 2 aliphatic rings. The van der Waals surface area contributed by atoms with Gasteiger partial charge in [-0.05, 0) is 16.0 Å². The van der Waals surface area contributed by atoms with Crippen molar-refractivity contribution in [3.05, 3.63) is 11.3 Å². The molecule has 3 rings (SSSR count). The predicted octanol–water partition coefficient (Wildman–Crippen LogP) is -4.84. The minimum absolute atomic E-state index is 0. The zero-order valence-corrected chi connectivity index (χ0v) is 22.9. The van der Waals surface area contributed by atoms with E-state index in [-0.39, 0.29) is 58.3 Å². The molecule has 1 fully saturated rings. The Balaban J connectivity index is 0.00000408. The number of carboxylic acids is 2. The monoisotopic (exact) mass is 542 g/mol. The minimum Gasteiger partial charge on any atom is -0.480 e. The number of nitrogens with one attached hydrogen (secondary N) is 1. The second kappa shape index (κ2) is 12.1. The molecular weight excluding hydrogens is 521 g/mol. The van der Waals surface area contributed by atoms with E-state index in [1.54, 1.807) is 7.05 Å². The number of nitrogens with zero attached hydrogens (tertiary/aromatic N) is 5. The number of aliphatic carboxylic acids is 2. The Kier molecular flexibility index (Phi) is 10.3. The number of carbonyl (C=O) groups excluding carboxylic acids is 2. The van der Waals surface area contributed by atoms with Crippen LogP contribution in [0.4, 0.5) is 0 Å². The maximum Gasteiger partial charge on any atom is 1.00 e. The molecule has 2 amide bonds. The number of hydrogen-bond acceptors (Lipinski definition) is 12. The summed E-state index contributed by atoms with van der Waals surface area (Å²) < 4.78 is 6.82.